The van der Waals surface area contributed by atoms with Crippen molar-refractivity contribution in [2.75, 3.05) is 0 Å². The van der Waals surface area contributed by atoms with E-state index >= 15 is 0 Å². The van der Waals surface area contributed by atoms with Crippen LogP contribution in [-0.2, 0) is 4.79 Å². The molecule has 0 saturated carbocycles. The van der Waals surface area contributed by atoms with Gasteiger partial charge in [-0.3, -0.25) is 4.79 Å². The standard InChI is InChI=1S/C7H8F6O/c1-3(2)4(14)5(6(8,9)10)7(11,12)13/h3,5H,1-2H3. The first-order valence-electron chi connectivity index (χ1n) is 3.65. The summed E-state index contributed by atoms with van der Waals surface area (Å²) in [6.07, 6.45) is -11.1. The van der Waals surface area contributed by atoms with E-state index < -0.39 is 30.0 Å². The molecule has 0 spiro atoms. The molecule has 14 heavy (non-hydrogen) atoms. The lowest BCUT2D eigenvalue weighted by molar-refractivity contribution is -0.274. The molecule has 0 amide bonds. The molecule has 1 nitrogen and oxygen atoms in total. The van der Waals surface area contributed by atoms with E-state index in [4.69, 9.17) is 0 Å². The maximum atomic E-state index is 11.9. The van der Waals surface area contributed by atoms with Crippen molar-refractivity contribution < 1.29 is 31.1 Å². The molecule has 0 aromatic heterocycles. The molecule has 0 rings (SSSR count). The summed E-state index contributed by atoms with van der Waals surface area (Å²) in [6, 6.07) is 0. The summed E-state index contributed by atoms with van der Waals surface area (Å²) in [6.45, 7) is 1.99. The van der Waals surface area contributed by atoms with Crippen molar-refractivity contribution in [2.24, 2.45) is 11.8 Å². The highest BCUT2D eigenvalue weighted by Crippen LogP contribution is 2.40. The van der Waals surface area contributed by atoms with Gasteiger partial charge in [0, 0.05) is 5.92 Å². The Morgan fingerprint density at radius 2 is 1.21 bits per heavy atom. The Kier molecular flexibility index (Phi) is 3.58. The number of rotatable bonds is 2. The minimum Gasteiger partial charge on any atom is -0.298 e. The molecule has 0 unspecified atom stereocenters. The average Bonchev–Trinajstić information content (AvgIpc) is 1.79. The Labute approximate surface area is 76.1 Å². The van der Waals surface area contributed by atoms with E-state index in [1.54, 1.807) is 0 Å². The second kappa shape index (κ2) is 3.78. The maximum Gasteiger partial charge on any atom is 0.407 e. The zero-order chi connectivity index (χ0) is 11.7. The second-order valence-corrected chi connectivity index (χ2v) is 3.07. The lowest BCUT2D eigenvalue weighted by atomic mass is 9.94. The van der Waals surface area contributed by atoms with E-state index in [2.05, 4.69) is 0 Å². The van der Waals surface area contributed by atoms with Gasteiger partial charge in [0.1, 0.15) is 0 Å². The van der Waals surface area contributed by atoms with Gasteiger partial charge in [-0.2, -0.15) is 26.3 Å². The van der Waals surface area contributed by atoms with Crippen LogP contribution >= 0.6 is 0 Å². The van der Waals surface area contributed by atoms with Gasteiger partial charge >= 0.3 is 12.4 Å². The topological polar surface area (TPSA) is 17.1 Å². The summed E-state index contributed by atoms with van der Waals surface area (Å²) in [7, 11) is 0. The third-order valence-electron chi connectivity index (χ3n) is 1.51. The van der Waals surface area contributed by atoms with Crippen molar-refractivity contribution in [3.63, 3.8) is 0 Å². The first-order chi connectivity index (χ1) is 5.98. The largest absolute Gasteiger partial charge is 0.407 e. The predicted molar refractivity (Wildman–Crippen MR) is 35.4 cm³/mol. The van der Waals surface area contributed by atoms with E-state index in [1.807, 2.05) is 0 Å². The average molecular weight is 222 g/mol. The number of Topliss-reactive ketones (excluding diaryl/α,β-unsaturated/α-hetero) is 1. The molecule has 7 heteroatoms. The normalized spacial score (nSPS) is 13.9. The summed E-state index contributed by atoms with van der Waals surface area (Å²) >= 11 is 0. The van der Waals surface area contributed by atoms with Crippen molar-refractivity contribution in [3.05, 3.63) is 0 Å². The van der Waals surface area contributed by atoms with Crippen LogP contribution in [0.5, 0.6) is 0 Å². The number of hydrogen-bond donors (Lipinski definition) is 0. The number of carbonyl (C=O) groups is 1. The molecule has 0 saturated heterocycles. The van der Waals surface area contributed by atoms with Crippen molar-refractivity contribution in [1.82, 2.24) is 0 Å². The molecule has 0 aromatic carbocycles. The molecule has 0 bridgehead atoms. The fourth-order valence-corrected chi connectivity index (χ4v) is 0.842. The maximum absolute atomic E-state index is 11.9. The summed E-state index contributed by atoms with van der Waals surface area (Å²) in [4.78, 5) is 10.7. The number of alkyl halides is 6. The van der Waals surface area contributed by atoms with Crippen molar-refractivity contribution in [3.8, 4) is 0 Å². The van der Waals surface area contributed by atoms with Gasteiger partial charge in [0.2, 0.25) is 5.92 Å². The monoisotopic (exact) mass is 222 g/mol. The van der Waals surface area contributed by atoms with Crippen LogP contribution < -0.4 is 0 Å². The van der Waals surface area contributed by atoms with Crippen LogP contribution in [0.2, 0.25) is 0 Å². The van der Waals surface area contributed by atoms with Crippen LogP contribution in [0.25, 0.3) is 0 Å². The van der Waals surface area contributed by atoms with Gasteiger partial charge in [-0.15, -0.1) is 0 Å². The molecular formula is C7H8F6O. The lowest BCUT2D eigenvalue weighted by Gasteiger charge is -2.22. The third kappa shape index (κ3) is 3.19. The molecular weight excluding hydrogens is 214 g/mol. The molecule has 0 aliphatic carbocycles. The minimum atomic E-state index is -5.57. The Hall–Kier alpha value is -0.750. The molecule has 0 fully saturated rings. The highest BCUT2D eigenvalue weighted by molar-refractivity contribution is 5.84. The number of halogens is 6. The highest BCUT2D eigenvalue weighted by atomic mass is 19.4. The Balaban J connectivity index is 5.05. The van der Waals surface area contributed by atoms with Crippen LogP contribution in [0, 0.1) is 11.8 Å². The summed E-state index contributed by atoms with van der Waals surface area (Å²) in [5.41, 5.74) is 0. The van der Waals surface area contributed by atoms with E-state index in [9.17, 15) is 31.1 Å². The van der Waals surface area contributed by atoms with Crippen molar-refractivity contribution in [2.45, 2.75) is 26.2 Å². The summed E-state index contributed by atoms with van der Waals surface area (Å²) in [5.74, 6) is -7.02. The molecule has 84 valence electrons. The molecule has 0 aromatic rings. The smallest absolute Gasteiger partial charge is 0.298 e. The fraction of sp³-hybridized carbons (Fsp3) is 0.857. The van der Waals surface area contributed by atoms with Crippen LogP contribution in [0.1, 0.15) is 13.8 Å². The Morgan fingerprint density at radius 3 is 1.29 bits per heavy atom. The number of ketones is 1. The molecule has 0 radical (unpaired) electrons. The second-order valence-electron chi connectivity index (χ2n) is 3.07. The first kappa shape index (κ1) is 13.2. The molecule has 0 atom stereocenters. The minimum absolute atomic E-state index is 0.993. The molecule has 0 heterocycles. The molecule has 0 aliphatic heterocycles. The number of carbonyl (C=O) groups excluding carboxylic acids is 1. The van der Waals surface area contributed by atoms with E-state index in [1.165, 1.54) is 0 Å². The van der Waals surface area contributed by atoms with Crippen LogP contribution in [0.15, 0.2) is 0 Å². The van der Waals surface area contributed by atoms with Crippen LogP contribution in [0.3, 0.4) is 0 Å². The number of hydrogen-bond acceptors (Lipinski definition) is 1. The Morgan fingerprint density at radius 1 is 0.929 bits per heavy atom. The fourth-order valence-electron chi connectivity index (χ4n) is 0.842. The van der Waals surface area contributed by atoms with Gasteiger partial charge in [-0.1, -0.05) is 13.8 Å². The van der Waals surface area contributed by atoms with Gasteiger partial charge < -0.3 is 0 Å². The zero-order valence-corrected chi connectivity index (χ0v) is 7.33. The van der Waals surface area contributed by atoms with Gasteiger partial charge in [0.25, 0.3) is 0 Å². The van der Waals surface area contributed by atoms with Gasteiger partial charge in [0.15, 0.2) is 5.78 Å². The summed E-state index contributed by atoms with van der Waals surface area (Å²) < 4.78 is 71.3. The molecule has 0 aliphatic rings. The van der Waals surface area contributed by atoms with Gasteiger partial charge in [0.05, 0.1) is 0 Å². The zero-order valence-electron chi connectivity index (χ0n) is 7.33. The molecule has 0 N–H and O–H groups in total. The van der Waals surface area contributed by atoms with Crippen LogP contribution in [-0.4, -0.2) is 18.1 Å². The predicted octanol–water partition coefficient (Wildman–Crippen LogP) is 2.95. The summed E-state index contributed by atoms with van der Waals surface area (Å²) in [5, 5.41) is 0. The lowest BCUT2D eigenvalue weighted by Crippen LogP contribution is -2.44. The van der Waals surface area contributed by atoms with Crippen LogP contribution in [0.4, 0.5) is 26.3 Å². The van der Waals surface area contributed by atoms with Crippen molar-refractivity contribution in [1.29, 1.82) is 0 Å². The van der Waals surface area contributed by atoms with Gasteiger partial charge in [-0.05, 0) is 0 Å². The third-order valence-corrected chi connectivity index (χ3v) is 1.51. The van der Waals surface area contributed by atoms with Gasteiger partial charge in [-0.25, -0.2) is 0 Å². The quantitative estimate of drug-likeness (QED) is 0.656. The van der Waals surface area contributed by atoms with E-state index in [-0.39, 0.29) is 0 Å². The van der Waals surface area contributed by atoms with Crippen molar-refractivity contribution >= 4 is 5.78 Å². The first-order valence-corrected chi connectivity index (χ1v) is 3.65. The Bertz CT molecular complexity index is 199. The highest BCUT2D eigenvalue weighted by Gasteiger charge is 2.60. The van der Waals surface area contributed by atoms with E-state index in [0.29, 0.717) is 0 Å². The SMILES string of the molecule is CC(C)C(=O)C(C(F)(F)F)C(F)(F)F. The van der Waals surface area contributed by atoms with E-state index in [0.717, 1.165) is 13.8 Å².